The van der Waals surface area contributed by atoms with E-state index >= 15 is 0 Å². The number of halogens is 3. The molecule has 4 heteroatoms. The van der Waals surface area contributed by atoms with E-state index in [1.165, 1.54) is 0 Å². The van der Waals surface area contributed by atoms with Crippen LogP contribution in [0.15, 0.2) is 66.9 Å². The molecule has 2 aromatic rings. The molecule has 0 N–H and O–H groups in total. The van der Waals surface area contributed by atoms with Crippen molar-refractivity contribution in [2.45, 2.75) is 20.8 Å². The van der Waals surface area contributed by atoms with Gasteiger partial charge in [-0.25, -0.2) is 8.78 Å². The van der Waals surface area contributed by atoms with Gasteiger partial charge in [-0.05, 0) is 30.7 Å². The molecule has 136 valence electrons. The van der Waals surface area contributed by atoms with Crippen molar-refractivity contribution in [3.05, 3.63) is 94.7 Å². The Morgan fingerprint density at radius 2 is 1.58 bits per heavy atom. The Labute approximate surface area is 158 Å². The number of nitrogens with zero attached hydrogens (tertiary/aromatic N) is 1. The van der Waals surface area contributed by atoms with Crippen LogP contribution in [0.1, 0.15) is 31.9 Å². The summed E-state index contributed by atoms with van der Waals surface area (Å²) in [6, 6.07) is 11.8. The highest BCUT2D eigenvalue weighted by atomic mass is 35.5. The van der Waals surface area contributed by atoms with Crippen LogP contribution in [0.4, 0.5) is 8.78 Å². The summed E-state index contributed by atoms with van der Waals surface area (Å²) < 4.78 is 29.2. The van der Waals surface area contributed by atoms with Gasteiger partial charge in [-0.2, -0.15) is 0 Å². The normalized spacial score (nSPS) is 13.6. The minimum atomic E-state index is -0.690. The predicted octanol–water partition coefficient (Wildman–Crippen LogP) is 6.92. The lowest BCUT2D eigenvalue weighted by Gasteiger charge is -2.32. The largest absolute Gasteiger partial charge is 0.341 e. The molecule has 0 radical (unpaired) electrons. The van der Waals surface area contributed by atoms with E-state index in [1.54, 1.807) is 4.90 Å². The van der Waals surface area contributed by atoms with Crippen LogP contribution >= 0.6 is 11.6 Å². The number of benzene rings is 2. The Bertz CT molecular complexity index is 831. The van der Waals surface area contributed by atoms with Crippen LogP contribution in [0, 0.1) is 11.6 Å². The molecule has 0 aliphatic carbocycles. The molecular weight excluding hydrogens is 352 g/mol. The quantitative estimate of drug-likeness (QED) is 0.564. The maximum atomic E-state index is 14.6. The van der Waals surface area contributed by atoms with Crippen molar-refractivity contribution >= 4 is 22.9 Å². The van der Waals surface area contributed by atoms with Crippen molar-refractivity contribution in [3.8, 4) is 0 Å². The summed E-state index contributed by atoms with van der Waals surface area (Å²) in [4.78, 5) is 1.80. The second-order valence-corrected chi connectivity index (χ2v) is 5.88. The molecule has 0 spiro atoms. The second-order valence-electron chi connectivity index (χ2n) is 5.44. The first-order valence-electron chi connectivity index (χ1n) is 8.62. The third-order valence-corrected chi connectivity index (χ3v) is 4.18. The molecule has 1 aliphatic rings. The summed E-state index contributed by atoms with van der Waals surface area (Å²) in [5.41, 5.74) is 2.67. The summed E-state index contributed by atoms with van der Waals surface area (Å²) in [7, 11) is 0. The first-order valence-corrected chi connectivity index (χ1v) is 9.00. The fourth-order valence-electron chi connectivity index (χ4n) is 2.89. The zero-order valence-electron chi connectivity index (χ0n) is 15.2. The lowest BCUT2D eigenvalue weighted by atomic mass is 9.94. The molecule has 0 bridgehead atoms. The van der Waals surface area contributed by atoms with Crippen LogP contribution in [-0.4, -0.2) is 11.4 Å². The van der Waals surface area contributed by atoms with Crippen LogP contribution in [0.5, 0.6) is 0 Å². The summed E-state index contributed by atoms with van der Waals surface area (Å²) in [6.07, 6.45) is 3.69. The van der Waals surface area contributed by atoms with Crippen molar-refractivity contribution in [1.29, 1.82) is 0 Å². The van der Waals surface area contributed by atoms with Crippen LogP contribution in [0.3, 0.4) is 0 Å². The van der Waals surface area contributed by atoms with E-state index in [9.17, 15) is 8.78 Å². The van der Waals surface area contributed by atoms with Crippen LogP contribution in [0.2, 0.25) is 5.02 Å². The Kier molecular flexibility index (Phi) is 6.76. The number of hydrogen-bond donors (Lipinski definition) is 0. The van der Waals surface area contributed by atoms with Gasteiger partial charge < -0.3 is 4.90 Å². The Balaban J connectivity index is 0.00000117. The summed E-state index contributed by atoms with van der Waals surface area (Å²) in [5, 5.41) is 0.0313. The van der Waals surface area contributed by atoms with Gasteiger partial charge in [0.15, 0.2) is 0 Å². The summed E-state index contributed by atoms with van der Waals surface area (Å²) >= 11 is 5.77. The first-order chi connectivity index (χ1) is 12.5. The van der Waals surface area contributed by atoms with Crippen molar-refractivity contribution in [1.82, 2.24) is 4.90 Å². The molecule has 0 saturated carbocycles. The SMILES string of the molecule is C=C1C=CC(c2ccccc2)=C(c2c(F)cc(Cl)cc2F)N1CC.CC. The van der Waals surface area contributed by atoms with Gasteiger partial charge in [0, 0.05) is 22.8 Å². The molecule has 2 aromatic carbocycles. The highest BCUT2D eigenvalue weighted by molar-refractivity contribution is 6.30. The molecule has 0 unspecified atom stereocenters. The van der Waals surface area contributed by atoms with Crippen molar-refractivity contribution < 1.29 is 8.78 Å². The number of rotatable bonds is 3. The van der Waals surface area contributed by atoms with Gasteiger partial charge in [0.25, 0.3) is 0 Å². The third kappa shape index (κ3) is 3.88. The molecule has 0 amide bonds. The smallest absolute Gasteiger partial charge is 0.136 e. The minimum absolute atomic E-state index is 0.0313. The summed E-state index contributed by atoms with van der Waals surface area (Å²) in [6.45, 7) is 10.4. The zero-order chi connectivity index (χ0) is 19.3. The maximum Gasteiger partial charge on any atom is 0.136 e. The summed E-state index contributed by atoms with van der Waals surface area (Å²) in [5.74, 6) is -1.38. The van der Waals surface area contributed by atoms with Gasteiger partial charge in [0.1, 0.15) is 11.6 Å². The van der Waals surface area contributed by atoms with Crippen molar-refractivity contribution in [2.75, 3.05) is 6.54 Å². The van der Waals surface area contributed by atoms with Gasteiger partial charge in [-0.15, -0.1) is 0 Å². The monoisotopic (exact) mass is 373 g/mol. The fraction of sp³-hybridized carbons (Fsp3) is 0.182. The first kappa shape index (κ1) is 19.9. The van der Waals surface area contributed by atoms with E-state index < -0.39 is 11.6 Å². The highest BCUT2D eigenvalue weighted by Gasteiger charge is 2.26. The lowest BCUT2D eigenvalue weighted by Crippen LogP contribution is -2.24. The van der Waals surface area contributed by atoms with Crippen LogP contribution in [-0.2, 0) is 0 Å². The molecule has 0 saturated heterocycles. The van der Waals surface area contributed by atoms with Gasteiger partial charge in [-0.3, -0.25) is 0 Å². The number of allylic oxidation sites excluding steroid dienone is 3. The van der Waals surface area contributed by atoms with E-state index in [0.717, 1.165) is 23.3 Å². The van der Waals surface area contributed by atoms with Crippen molar-refractivity contribution in [3.63, 3.8) is 0 Å². The van der Waals surface area contributed by atoms with E-state index in [4.69, 9.17) is 11.6 Å². The molecular formula is C22H22ClF2N. The van der Waals surface area contributed by atoms with Gasteiger partial charge >= 0.3 is 0 Å². The van der Waals surface area contributed by atoms with E-state index in [0.29, 0.717) is 17.9 Å². The lowest BCUT2D eigenvalue weighted by molar-refractivity contribution is 0.510. The highest BCUT2D eigenvalue weighted by Crippen LogP contribution is 2.38. The van der Waals surface area contributed by atoms with Crippen molar-refractivity contribution in [2.24, 2.45) is 0 Å². The minimum Gasteiger partial charge on any atom is -0.341 e. The molecule has 0 aromatic heterocycles. The maximum absolute atomic E-state index is 14.6. The molecule has 1 nitrogen and oxygen atoms in total. The van der Waals surface area contributed by atoms with Gasteiger partial charge in [-0.1, -0.05) is 68.4 Å². The number of likely N-dealkylation sites (N-methyl/N-ethyl adjacent to an activating group) is 1. The molecule has 0 fully saturated rings. The topological polar surface area (TPSA) is 3.24 Å². The van der Waals surface area contributed by atoms with E-state index in [1.807, 2.05) is 63.3 Å². The molecule has 1 heterocycles. The fourth-order valence-corrected chi connectivity index (χ4v) is 3.08. The Hall–Kier alpha value is -2.39. The van der Waals surface area contributed by atoms with E-state index in [-0.39, 0.29) is 10.6 Å². The number of hydrogen-bond acceptors (Lipinski definition) is 1. The standard InChI is InChI=1S/C20H16ClF2N.C2H6/c1-3-24-13(2)9-10-16(14-7-5-4-6-8-14)20(24)19-17(22)11-15(21)12-18(19)23;1-2/h4-12H,2-3H2,1H3;1-2H3. The molecule has 0 atom stereocenters. The average molecular weight is 374 g/mol. The van der Waals surface area contributed by atoms with E-state index in [2.05, 4.69) is 6.58 Å². The molecule has 1 aliphatic heterocycles. The van der Waals surface area contributed by atoms with Gasteiger partial charge in [0.05, 0.1) is 11.3 Å². The zero-order valence-corrected chi connectivity index (χ0v) is 15.9. The third-order valence-electron chi connectivity index (χ3n) is 3.96. The molecule has 26 heavy (non-hydrogen) atoms. The second kappa shape index (κ2) is 8.81. The Morgan fingerprint density at radius 3 is 2.12 bits per heavy atom. The molecule has 3 rings (SSSR count). The van der Waals surface area contributed by atoms with Gasteiger partial charge in [0.2, 0.25) is 0 Å². The predicted molar refractivity (Wildman–Crippen MR) is 107 cm³/mol. The van der Waals surface area contributed by atoms with Crippen LogP contribution < -0.4 is 0 Å². The Morgan fingerprint density at radius 1 is 1.00 bits per heavy atom. The van der Waals surface area contributed by atoms with Crippen LogP contribution in [0.25, 0.3) is 11.3 Å². The average Bonchev–Trinajstić information content (AvgIpc) is 2.63.